The minimum atomic E-state index is 0.576. The van der Waals surface area contributed by atoms with Crippen LogP contribution in [-0.4, -0.2) is 40.4 Å². The molecular formula is C13H20N2O2. The van der Waals surface area contributed by atoms with Crippen molar-refractivity contribution in [2.75, 3.05) is 39.3 Å². The van der Waals surface area contributed by atoms with Crippen molar-refractivity contribution >= 4 is 5.69 Å². The van der Waals surface area contributed by atoms with Crippen LogP contribution in [0.3, 0.4) is 0 Å². The van der Waals surface area contributed by atoms with Crippen LogP contribution in [0.2, 0.25) is 0 Å². The molecule has 0 unspecified atom stereocenters. The van der Waals surface area contributed by atoms with Gasteiger partial charge in [-0.3, -0.25) is 0 Å². The van der Waals surface area contributed by atoms with E-state index in [1.54, 1.807) is 14.2 Å². The van der Waals surface area contributed by atoms with Gasteiger partial charge in [-0.15, -0.1) is 0 Å². The van der Waals surface area contributed by atoms with Crippen LogP contribution in [0.25, 0.3) is 0 Å². The third-order valence-corrected chi connectivity index (χ3v) is 3.39. The number of hydrogen-bond acceptors (Lipinski definition) is 4. The fraction of sp³-hybridized carbons (Fsp3) is 0.538. The third kappa shape index (κ3) is 2.17. The summed E-state index contributed by atoms with van der Waals surface area (Å²) in [5.41, 5.74) is 2.41. The summed E-state index contributed by atoms with van der Waals surface area (Å²) >= 11 is 0. The molecule has 0 spiro atoms. The molecule has 2 rings (SSSR count). The number of nitrogens with one attached hydrogen (secondary N) is 1. The second-order valence-corrected chi connectivity index (χ2v) is 4.42. The summed E-state index contributed by atoms with van der Waals surface area (Å²) in [5.74, 6) is 1.57. The lowest BCUT2D eigenvalue weighted by atomic mass is 10.1. The standard InChI is InChI=1S/C13H20N2O2/c1-9-5-12(16-3)13(17-4)6-11(9)15(2)10-7-14-8-10/h5-6,10,14H,7-8H2,1-4H3. The predicted octanol–water partition coefficient (Wildman–Crippen LogP) is 1.42. The number of anilines is 1. The molecule has 1 fully saturated rings. The van der Waals surface area contributed by atoms with Gasteiger partial charge in [0.1, 0.15) is 0 Å². The van der Waals surface area contributed by atoms with Crippen LogP contribution in [0.4, 0.5) is 5.69 Å². The molecule has 1 N–H and O–H groups in total. The summed E-state index contributed by atoms with van der Waals surface area (Å²) < 4.78 is 10.6. The van der Waals surface area contributed by atoms with Gasteiger partial charge in [-0.2, -0.15) is 0 Å². The van der Waals surface area contributed by atoms with Gasteiger partial charge < -0.3 is 19.7 Å². The molecule has 1 aliphatic rings. The maximum Gasteiger partial charge on any atom is 0.162 e. The molecule has 0 bridgehead atoms. The molecule has 17 heavy (non-hydrogen) atoms. The maximum atomic E-state index is 5.35. The third-order valence-electron chi connectivity index (χ3n) is 3.39. The lowest BCUT2D eigenvalue weighted by molar-refractivity contribution is 0.354. The van der Waals surface area contributed by atoms with Gasteiger partial charge in [0.25, 0.3) is 0 Å². The van der Waals surface area contributed by atoms with Crippen LogP contribution in [-0.2, 0) is 0 Å². The van der Waals surface area contributed by atoms with Crippen molar-refractivity contribution in [1.29, 1.82) is 0 Å². The Hall–Kier alpha value is -1.42. The molecule has 0 radical (unpaired) electrons. The van der Waals surface area contributed by atoms with Crippen molar-refractivity contribution < 1.29 is 9.47 Å². The van der Waals surface area contributed by atoms with Gasteiger partial charge in [0.2, 0.25) is 0 Å². The molecule has 4 nitrogen and oxygen atoms in total. The predicted molar refractivity (Wildman–Crippen MR) is 69.3 cm³/mol. The monoisotopic (exact) mass is 236 g/mol. The first-order chi connectivity index (χ1) is 8.17. The second-order valence-electron chi connectivity index (χ2n) is 4.42. The molecule has 1 heterocycles. The minimum Gasteiger partial charge on any atom is -0.493 e. The van der Waals surface area contributed by atoms with Crippen LogP contribution in [0, 0.1) is 6.92 Å². The van der Waals surface area contributed by atoms with Gasteiger partial charge in [0.05, 0.1) is 20.3 Å². The van der Waals surface area contributed by atoms with E-state index in [9.17, 15) is 0 Å². The van der Waals surface area contributed by atoms with E-state index in [1.165, 1.54) is 11.3 Å². The molecule has 4 heteroatoms. The summed E-state index contributed by atoms with van der Waals surface area (Å²) in [7, 11) is 5.46. The lowest BCUT2D eigenvalue weighted by Gasteiger charge is -2.38. The zero-order chi connectivity index (χ0) is 12.4. The van der Waals surface area contributed by atoms with Crippen LogP contribution < -0.4 is 19.7 Å². The Bertz CT molecular complexity index is 403. The summed E-state index contributed by atoms with van der Waals surface area (Å²) in [6.07, 6.45) is 0. The highest BCUT2D eigenvalue weighted by Crippen LogP contribution is 2.35. The molecule has 1 saturated heterocycles. The van der Waals surface area contributed by atoms with Gasteiger partial charge in [0.15, 0.2) is 11.5 Å². The number of aryl methyl sites for hydroxylation is 1. The van der Waals surface area contributed by atoms with Crippen molar-refractivity contribution in [3.05, 3.63) is 17.7 Å². The normalized spacial score (nSPS) is 15.3. The highest BCUT2D eigenvalue weighted by Gasteiger charge is 2.23. The SMILES string of the molecule is COc1cc(C)c(N(C)C2CNC2)cc1OC. The Morgan fingerprint density at radius 2 is 1.76 bits per heavy atom. The van der Waals surface area contributed by atoms with Crippen molar-refractivity contribution in [2.45, 2.75) is 13.0 Å². The first-order valence-corrected chi connectivity index (χ1v) is 5.83. The van der Waals surface area contributed by atoms with Crippen molar-refractivity contribution in [2.24, 2.45) is 0 Å². The average Bonchev–Trinajstić information content (AvgIpc) is 2.26. The molecule has 0 atom stereocenters. The van der Waals surface area contributed by atoms with E-state index in [-0.39, 0.29) is 0 Å². The molecule has 0 aliphatic carbocycles. The molecule has 1 aromatic carbocycles. The molecule has 0 amide bonds. The molecule has 1 aliphatic heterocycles. The van der Waals surface area contributed by atoms with E-state index in [0.29, 0.717) is 6.04 Å². The van der Waals surface area contributed by atoms with E-state index in [0.717, 1.165) is 24.6 Å². The average molecular weight is 236 g/mol. The molecule has 94 valence electrons. The first kappa shape index (κ1) is 12.0. The molecule has 0 aromatic heterocycles. The van der Waals surface area contributed by atoms with Gasteiger partial charge in [-0.05, 0) is 18.6 Å². The Kier molecular flexibility index (Phi) is 3.43. The van der Waals surface area contributed by atoms with E-state index in [4.69, 9.17) is 9.47 Å². The summed E-state index contributed by atoms with van der Waals surface area (Å²) in [5, 5.41) is 3.28. The number of hydrogen-bond donors (Lipinski definition) is 1. The largest absolute Gasteiger partial charge is 0.493 e. The number of benzene rings is 1. The summed E-state index contributed by atoms with van der Waals surface area (Å²) in [4.78, 5) is 2.30. The number of rotatable bonds is 4. The molecule has 0 saturated carbocycles. The summed E-state index contributed by atoms with van der Waals surface area (Å²) in [6, 6.07) is 4.65. The van der Waals surface area contributed by atoms with E-state index in [2.05, 4.69) is 24.2 Å². The van der Waals surface area contributed by atoms with Crippen molar-refractivity contribution in [3.63, 3.8) is 0 Å². The van der Waals surface area contributed by atoms with Crippen molar-refractivity contribution in [1.82, 2.24) is 5.32 Å². The smallest absolute Gasteiger partial charge is 0.162 e. The number of nitrogens with zero attached hydrogens (tertiary/aromatic N) is 1. The van der Waals surface area contributed by atoms with Gasteiger partial charge in [-0.25, -0.2) is 0 Å². The van der Waals surface area contributed by atoms with Crippen LogP contribution >= 0.6 is 0 Å². The Morgan fingerprint density at radius 1 is 1.18 bits per heavy atom. The van der Waals surface area contributed by atoms with E-state index < -0.39 is 0 Å². The number of methoxy groups -OCH3 is 2. The fourth-order valence-electron chi connectivity index (χ4n) is 2.09. The summed E-state index contributed by atoms with van der Waals surface area (Å²) in [6.45, 7) is 4.19. The van der Waals surface area contributed by atoms with Crippen molar-refractivity contribution in [3.8, 4) is 11.5 Å². The van der Waals surface area contributed by atoms with Gasteiger partial charge in [0, 0.05) is 31.9 Å². The van der Waals surface area contributed by atoms with E-state index >= 15 is 0 Å². The zero-order valence-electron chi connectivity index (χ0n) is 10.9. The van der Waals surface area contributed by atoms with Gasteiger partial charge >= 0.3 is 0 Å². The fourth-order valence-corrected chi connectivity index (χ4v) is 2.09. The molecular weight excluding hydrogens is 216 g/mol. The Morgan fingerprint density at radius 3 is 2.24 bits per heavy atom. The number of ether oxygens (including phenoxy) is 2. The minimum absolute atomic E-state index is 0.576. The lowest BCUT2D eigenvalue weighted by Crippen LogP contribution is -2.56. The first-order valence-electron chi connectivity index (χ1n) is 5.83. The Balaban J connectivity index is 2.32. The van der Waals surface area contributed by atoms with Crippen LogP contribution in [0.15, 0.2) is 12.1 Å². The van der Waals surface area contributed by atoms with Gasteiger partial charge in [-0.1, -0.05) is 0 Å². The van der Waals surface area contributed by atoms with E-state index in [1.807, 2.05) is 12.1 Å². The number of likely N-dealkylation sites (N-methyl/N-ethyl adjacent to an activating group) is 1. The maximum absolute atomic E-state index is 5.35. The highest BCUT2D eigenvalue weighted by molar-refractivity contribution is 5.62. The topological polar surface area (TPSA) is 33.7 Å². The highest BCUT2D eigenvalue weighted by atomic mass is 16.5. The Labute approximate surface area is 103 Å². The molecule has 1 aromatic rings. The van der Waals surface area contributed by atoms with Crippen LogP contribution in [0.1, 0.15) is 5.56 Å². The quantitative estimate of drug-likeness (QED) is 0.857. The second kappa shape index (κ2) is 4.84. The van der Waals surface area contributed by atoms with Crippen LogP contribution in [0.5, 0.6) is 11.5 Å². The zero-order valence-corrected chi connectivity index (χ0v) is 10.9.